The van der Waals surface area contributed by atoms with Gasteiger partial charge in [0.05, 0.1) is 19.8 Å². The van der Waals surface area contributed by atoms with Crippen molar-refractivity contribution in [3.63, 3.8) is 0 Å². The van der Waals surface area contributed by atoms with E-state index in [9.17, 15) is 9.59 Å². The van der Waals surface area contributed by atoms with Gasteiger partial charge in [-0.15, -0.1) is 0 Å². The van der Waals surface area contributed by atoms with Crippen molar-refractivity contribution in [2.24, 2.45) is 0 Å². The maximum atomic E-state index is 12.6. The van der Waals surface area contributed by atoms with E-state index in [4.69, 9.17) is 14.3 Å². The van der Waals surface area contributed by atoms with Crippen LogP contribution in [-0.2, 0) is 11.3 Å². The summed E-state index contributed by atoms with van der Waals surface area (Å²) in [6.45, 7) is 4.92. The highest BCUT2D eigenvalue weighted by atomic mass is 16.5. The summed E-state index contributed by atoms with van der Waals surface area (Å²) in [5.74, 6) is -0.404. The molecule has 3 rings (SSSR count). The number of amides is 1. The summed E-state index contributed by atoms with van der Waals surface area (Å²) in [7, 11) is 1.66. The van der Waals surface area contributed by atoms with E-state index in [1.807, 2.05) is 12.1 Å². The number of carboxylic acid groups (broad SMARTS) is 1. The van der Waals surface area contributed by atoms with Gasteiger partial charge in [-0.3, -0.25) is 4.79 Å². The third-order valence-electron chi connectivity index (χ3n) is 4.43. The molecule has 26 heavy (non-hydrogen) atoms. The van der Waals surface area contributed by atoms with Gasteiger partial charge >= 0.3 is 5.97 Å². The number of aromatic carboxylic acids is 1. The van der Waals surface area contributed by atoms with Crippen molar-refractivity contribution in [2.75, 3.05) is 38.3 Å². The maximum absolute atomic E-state index is 12.6. The lowest BCUT2D eigenvalue weighted by molar-refractivity contribution is 0.0694. The molecule has 1 N–H and O–H groups in total. The van der Waals surface area contributed by atoms with E-state index in [1.54, 1.807) is 26.1 Å². The van der Waals surface area contributed by atoms with Crippen LogP contribution in [0, 0.1) is 6.92 Å². The Morgan fingerprint density at radius 2 is 1.85 bits per heavy atom. The van der Waals surface area contributed by atoms with Crippen LogP contribution in [0.15, 0.2) is 34.7 Å². The minimum Gasteiger partial charge on any atom is -0.478 e. The third-order valence-corrected chi connectivity index (χ3v) is 4.43. The molecule has 0 radical (unpaired) electrons. The second-order valence-electron chi connectivity index (χ2n) is 6.30. The van der Waals surface area contributed by atoms with Crippen LogP contribution in [-0.4, -0.2) is 55.2 Å². The number of carbonyl (C=O) groups excluding carboxylic acids is 1. The van der Waals surface area contributed by atoms with Gasteiger partial charge < -0.3 is 24.1 Å². The smallest absolute Gasteiger partial charge is 0.339 e. The molecule has 1 aliphatic rings. The van der Waals surface area contributed by atoms with E-state index in [0.717, 1.165) is 18.8 Å². The Morgan fingerprint density at radius 3 is 2.42 bits per heavy atom. The number of anilines is 1. The number of hydrogen-bond donors (Lipinski definition) is 1. The molecule has 2 aromatic rings. The average Bonchev–Trinajstić information content (AvgIpc) is 3.02. The van der Waals surface area contributed by atoms with E-state index >= 15 is 0 Å². The number of ether oxygens (including phenoxy) is 1. The van der Waals surface area contributed by atoms with Crippen molar-refractivity contribution in [3.05, 3.63) is 53.0 Å². The highest BCUT2D eigenvalue weighted by Gasteiger charge is 2.18. The summed E-state index contributed by atoms with van der Waals surface area (Å²) in [5, 5.41) is 9.08. The van der Waals surface area contributed by atoms with Gasteiger partial charge in [-0.25, -0.2) is 4.79 Å². The summed E-state index contributed by atoms with van der Waals surface area (Å²) in [5.41, 5.74) is 1.77. The summed E-state index contributed by atoms with van der Waals surface area (Å²) in [6, 6.07) is 8.94. The van der Waals surface area contributed by atoms with E-state index < -0.39 is 5.97 Å². The molecule has 1 aromatic heterocycles. The van der Waals surface area contributed by atoms with Crippen molar-refractivity contribution < 1.29 is 23.8 Å². The van der Waals surface area contributed by atoms with Gasteiger partial charge in [0.2, 0.25) is 0 Å². The van der Waals surface area contributed by atoms with Crippen molar-refractivity contribution in [2.45, 2.75) is 13.5 Å². The van der Waals surface area contributed by atoms with Gasteiger partial charge in [-0.05, 0) is 37.3 Å². The fourth-order valence-corrected chi connectivity index (χ4v) is 3.00. The van der Waals surface area contributed by atoms with Gasteiger partial charge in [-0.1, -0.05) is 0 Å². The van der Waals surface area contributed by atoms with Crippen LogP contribution in [0.2, 0.25) is 0 Å². The first-order valence-corrected chi connectivity index (χ1v) is 8.46. The van der Waals surface area contributed by atoms with Gasteiger partial charge in [-0.2, -0.15) is 0 Å². The molecule has 0 spiro atoms. The summed E-state index contributed by atoms with van der Waals surface area (Å²) in [4.78, 5) is 27.4. The maximum Gasteiger partial charge on any atom is 0.339 e. The number of carbonyl (C=O) groups is 2. The molecule has 1 saturated heterocycles. The Labute approximate surface area is 151 Å². The minimum atomic E-state index is -1.04. The van der Waals surface area contributed by atoms with Crippen LogP contribution in [0.1, 0.15) is 32.2 Å². The van der Waals surface area contributed by atoms with Gasteiger partial charge in [0.15, 0.2) is 0 Å². The fourth-order valence-electron chi connectivity index (χ4n) is 3.00. The molecule has 0 atom stereocenters. The number of rotatable bonds is 5. The Bertz CT molecular complexity index is 791. The lowest BCUT2D eigenvalue weighted by Gasteiger charge is -2.29. The number of aryl methyl sites for hydroxylation is 1. The Hall–Kier alpha value is -2.80. The molecule has 138 valence electrons. The minimum absolute atomic E-state index is 0.121. The molecular formula is C19H22N2O5. The zero-order valence-corrected chi connectivity index (χ0v) is 14.9. The quantitative estimate of drug-likeness (QED) is 0.884. The predicted octanol–water partition coefficient (Wildman–Crippen LogP) is 2.40. The van der Waals surface area contributed by atoms with E-state index in [-0.39, 0.29) is 18.0 Å². The number of benzene rings is 1. The first-order chi connectivity index (χ1) is 12.5. The molecule has 1 aromatic carbocycles. The highest BCUT2D eigenvalue weighted by Crippen LogP contribution is 2.19. The standard InChI is InChI=1S/C19H22N2O5/c1-13-17(19(23)24)11-16(26-13)12-20(2)18(22)14-3-5-15(6-4-14)21-7-9-25-10-8-21/h3-6,11H,7-10,12H2,1-2H3,(H,23,24). The first kappa shape index (κ1) is 18.0. The van der Waals surface area contributed by atoms with Crippen LogP contribution < -0.4 is 4.90 Å². The van der Waals surface area contributed by atoms with Crippen LogP contribution in [0.4, 0.5) is 5.69 Å². The second-order valence-corrected chi connectivity index (χ2v) is 6.30. The molecule has 7 nitrogen and oxygen atoms in total. The Kier molecular flexibility index (Phi) is 5.27. The lowest BCUT2D eigenvalue weighted by atomic mass is 10.1. The number of carboxylic acids is 1. The molecule has 7 heteroatoms. The second kappa shape index (κ2) is 7.61. The predicted molar refractivity (Wildman–Crippen MR) is 95.7 cm³/mol. The first-order valence-electron chi connectivity index (χ1n) is 8.46. The molecule has 1 fully saturated rings. The number of hydrogen-bond acceptors (Lipinski definition) is 5. The van der Waals surface area contributed by atoms with E-state index in [0.29, 0.717) is 30.3 Å². The largest absolute Gasteiger partial charge is 0.478 e. The molecule has 0 saturated carbocycles. The zero-order valence-electron chi connectivity index (χ0n) is 14.9. The molecule has 1 aliphatic heterocycles. The summed E-state index contributed by atoms with van der Waals surface area (Å²) < 4.78 is 10.8. The van der Waals surface area contributed by atoms with Crippen molar-refractivity contribution in [1.82, 2.24) is 4.90 Å². The zero-order chi connectivity index (χ0) is 18.7. The normalized spacial score (nSPS) is 14.3. The van der Waals surface area contributed by atoms with Gasteiger partial charge in [0.1, 0.15) is 17.1 Å². The Morgan fingerprint density at radius 1 is 1.19 bits per heavy atom. The Balaban J connectivity index is 1.66. The third kappa shape index (κ3) is 3.88. The van der Waals surface area contributed by atoms with Crippen LogP contribution >= 0.6 is 0 Å². The highest BCUT2D eigenvalue weighted by molar-refractivity contribution is 5.94. The van der Waals surface area contributed by atoms with Crippen LogP contribution in [0.5, 0.6) is 0 Å². The summed E-state index contributed by atoms with van der Waals surface area (Å²) in [6.07, 6.45) is 0. The number of morpholine rings is 1. The van der Waals surface area contributed by atoms with Gasteiger partial charge in [0.25, 0.3) is 5.91 Å². The van der Waals surface area contributed by atoms with Crippen molar-refractivity contribution in [1.29, 1.82) is 0 Å². The number of furan rings is 1. The van der Waals surface area contributed by atoms with Crippen LogP contribution in [0.3, 0.4) is 0 Å². The molecule has 0 aliphatic carbocycles. The number of nitrogens with zero attached hydrogens (tertiary/aromatic N) is 2. The summed E-state index contributed by atoms with van der Waals surface area (Å²) >= 11 is 0. The monoisotopic (exact) mass is 358 g/mol. The average molecular weight is 358 g/mol. The molecule has 0 unspecified atom stereocenters. The van der Waals surface area contributed by atoms with Crippen LogP contribution in [0.25, 0.3) is 0 Å². The molecular weight excluding hydrogens is 336 g/mol. The topological polar surface area (TPSA) is 83.2 Å². The van der Waals surface area contributed by atoms with E-state index in [1.165, 1.54) is 11.0 Å². The lowest BCUT2D eigenvalue weighted by Crippen LogP contribution is -2.36. The van der Waals surface area contributed by atoms with E-state index in [2.05, 4.69) is 4.90 Å². The van der Waals surface area contributed by atoms with Gasteiger partial charge in [0, 0.05) is 31.4 Å². The molecule has 2 heterocycles. The molecule has 0 bridgehead atoms. The van der Waals surface area contributed by atoms with Crippen molar-refractivity contribution >= 4 is 17.6 Å². The van der Waals surface area contributed by atoms with Crippen molar-refractivity contribution in [3.8, 4) is 0 Å². The SMILES string of the molecule is Cc1oc(CN(C)C(=O)c2ccc(N3CCOCC3)cc2)cc1C(=O)O. The fraction of sp³-hybridized carbons (Fsp3) is 0.368. The molecule has 1 amide bonds.